The van der Waals surface area contributed by atoms with Crippen molar-refractivity contribution in [2.24, 2.45) is 0 Å². The Morgan fingerprint density at radius 3 is 2.59 bits per heavy atom. The number of aromatic nitrogens is 3. The molecule has 1 atom stereocenters. The molecule has 0 saturated heterocycles. The second-order valence-electron chi connectivity index (χ2n) is 6.39. The third kappa shape index (κ3) is 6.07. The van der Waals surface area contributed by atoms with E-state index in [1.54, 1.807) is 19.6 Å². The van der Waals surface area contributed by atoms with E-state index in [-0.39, 0.29) is 26.0 Å². The number of benzene rings is 1. The topological polar surface area (TPSA) is 92.2 Å². The van der Waals surface area contributed by atoms with E-state index < -0.39 is 0 Å². The van der Waals surface area contributed by atoms with Gasteiger partial charge in [0.2, 0.25) is 0 Å². The number of aliphatic hydroxyl groups is 1. The molecule has 0 fully saturated rings. The van der Waals surface area contributed by atoms with Crippen molar-refractivity contribution in [2.45, 2.75) is 12.8 Å². The summed E-state index contributed by atoms with van der Waals surface area (Å²) in [5.74, 6) is 2.62. The number of aliphatic hydroxyl groups excluding tert-OH is 1. The van der Waals surface area contributed by atoms with Gasteiger partial charge in [0.15, 0.2) is 0 Å². The lowest BCUT2D eigenvalue weighted by molar-refractivity contribution is 0.311. The molecular formula is C21H27N5O2S. The summed E-state index contributed by atoms with van der Waals surface area (Å²) in [5.41, 5.74) is 2.85. The lowest BCUT2D eigenvalue weighted by atomic mass is 10.00. The molecule has 0 aliphatic rings. The third-order valence-electron chi connectivity index (χ3n) is 4.40. The molecule has 154 valence electrons. The summed E-state index contributed by atoms with van der Waals surface area (Å²) in [7, 11) is 1.69. The smallest absolute Gasteiger partial charge is 0.129 e. The van der Waals surface area contributed by atoms with Crippen LogP contribution in [0.5, 0.6) is 5.75 Å². The third-order valence-corrected chi connectivity index (χ3v) is 4.40. The van der Waals surface area contributed by atoms with Crippen LogP contribution in [0.1, 0.15) is 18.4 Å². The van der Waals surface area contributed by atoms with Crippen LogP contribution in [-0.4, -0.2) is 46.9 Å². The largest absolute Gasteiger partial charge is 0.496 e. The van der Waals surface area contributed by atoms with Gasteiger partial charge in [0.25, 0.3) is 0 Å². The molecular weight excluding hydrogens is 386 g/mol. The fourth-order valence-corrected chi connectivity index (χ4v) is 2.89. The van der Waals surface area contributed by atoms with Crippen molar-refractivity contribution in [2.75, 3.05) is 37.4 Å². The van der Waals surface area contributed by atoms with Gasteiger partial charge in [-0.05, 0) is 23.8 Å². The normalized spacial score (nSPS) is 11.3. The summed E-state index contributed by atoms with van der Waals surface area (Å²) >= 11 is 0. The van der Waals surface area contributed by atoms with E-state index >= 15 is 0 Å². The Hall–Kier alpha value is -2.84. The second-order valence-corrected chi connectivity index (χ2v) is 6.39. The SMILES string of the molecule is COc1ccccc1[C@H](C)CNc1cc(-c2ccc(NCCO)nc2)ncn1.S. The molecule has 0 saturated carbocycles. The summed E-state index contributed by atoms with van der Waals surface area (Å²) < 4.78 is 5.45. The zero-order chi connectivity index (χ0) is 19.8. The summed E-state index contributed by atoms with van der Waals surface area (Å²) in [6, 6.07) is 13.8. The summed E-state index contributed by atoms with van der Waals surface area (Å²) in [5, 5.41) is 15.3. The van der Waals surface area contributed by atoms with E-state index in [0.29, 0.717) is 6.54 Å². The van der Waals surface area contributed by atoms with Gasteiger partial charge in [0.1, 0.15) is 23.7 Å². The Morgan fingerprint density at radius 2 is 1.86 bits per heavy atom. The molecule has 0 aliphatic heterocycles. The van der Waals surface area contributed by atoms with Crippen molar-refractivity contribution >= 4 is 25.1 Å². The predicted octanol–water partition coefficient (Wildman–Crippen LogP) is 3.28. The lowest BCUT2D eigenvalue weighted by Gasteiger charge is -2.16. The number of nitrogens with zero attached hydrogens (tertiary/aromatic N) is 3. The van der Waals surface area contributed by atoms with Gasteiger partial charge in [-0.1, -0.05) is 25.1 Å². The Morgan fingerprint density at radius 1 is 1.03 bits per heavy atom. The first-order valence-electron chi connectivity index (χ1n) is 9.21. The fraction of sp³-hybridized carbons (Fsp3) is 0.286. The molecule has 2 heterocycles. The zero-order valence-electron chi connectivity index (χ0n) is 16.6. The molecule has 0 unspecified atom stereocenters. The van der Waals surface area contributed by atoms with Crippen LogP contribution in [-0.2, 0) is 0 Å². The minimum absolute atomic E-state index is 0. The van der Waals surface area contributed by atoms with E-state index in [1.807, 2.05) is 36.4 Å². The fourth-order valence-electron chi connectivity index (χ4n) is 2.89. The number of nitrogens with one attached hydrogen (secondary N) is 2. The van der Waals surface area contributed by atoms with Crippen LogP contribution < -0.4 is 15.4 Å². The van der Waals surface area contributed by atoms with Crippen molar-refractivity contribution in [3.63, 3.8) is 0 Å². The minimum Gasteiger partial charge on any atom is -0.496 e. The highest BCUT2D eigenvalue weighted by molar-refractivity contribution is 7.59. The molecule has 0 radical (unpaired) electrons. The highest BCUT2D eigenvalue weighted by Gasteiger charge is 2.11. The van der Waals surface area contributed by atoms with Crippen LogP contribution in [0.15, 0.2) is 55.0 Å². The van der Waals surface area contributed by atoms with E-state index in [4.69, 9.17) is 9.84 Å². The van der Waals surface area contributed by atoms with Gasteiger partial charge in [-0.15, -0.1) is 0 Å². The Kier molecular flexibility index (Phi) is 8.69. The molecule has 8 heteroatoms. The molecule has 0 amide bonds. The lowest BCUT2D eigenvalue weighted by Crippen LogP contribution is -2.12. The van der Waals surface area contributed by atoms with Gasteiger partial charge >= 0.3 is 0 Å². The summed E-state index contributed by atoms with van der Waals surface area (Å²) in [6.07, 6.45) is 3.30. The molecule has 0 bridgehead atoms. The van der Waals surface area contributed by atoms with Crippen LogP contribution in [0.4, 0.5) is 11.6 Å². The zero-order valence-corrected chi connectivity index (χ0v) is 17.6. The van der Waals surface area contributed by atoms with Crippen LogP contribution in [0.3, 0.4) is 0 Å². The number of hydrogen-bond acceptors (Lipinski definition) is 7. The van der Waals surface area contributed by atoms with Crippen LogP contribution >= 0.6 is 13.5 Å². The number of hydrogen-bond donors (Lipinski definition) is 3. The molecule has 0 spiro atoms. The molecule has 3 rings (SSSR count). The van der Waals surface area contributed by atoms with Crippen molar-refractivity contribution in [3.8, 4) is 17.0 Å². The quantitative estimate of drug-likeness (QED) is 0.496. The van der Waals surface area contributed by atoms with Crippen LogP contribution in [0, 0.1) is 0 Å². The van der Waals surface area contributed by atoms with Gasteiger partial charge in [-0.3, -0.25) is 0 Å². The van der Waals surface area contributed by atoms with Crippen molar-refractivity contribution in [1.82, 2.24) is 15.0 Å². The summed E-state index contributed by atoms with van der Waals surface area (Å²) in [6.45, 7) is 3.41. The monoisotopic (exact) mass is 413 g/mol. The molecule has 2 aromatic heterocycles. The maximum absolute atomic E-state index is 8.86. The van der Waals surface area contributed by atoms with E-state index in [9.17, 15) is 0 Å². The molecule has 3 N–H and O–H groups in total. The second kappa shape index (κ2) is 11.2. The summed E-state index contributed by atoms with van der Waals surface area (Å²) in [4.78, 5) is 13.0. The van der Waals surface area contributed by atoms with E-state index in [2.05, 4.69) is 38.6 Å². The predicted molar refractivity (Wildman–Crippen MR) is 121 cm³/mol. The van der Waals surface area contributed by atoms with Gasteiger partial charge in [0.05, 0.1) is 19.4 Å². The highest BCUT2D eigenvalue weighted by atomic mass is 32.1. The van der Waals surface area contributed by atoms with Gasteiger partial charge < -0.3 is 20.5 Å². The number of para-hydroxylation sites is 1. The van der Waals surface area contributed by atoms with Crippen LogP contribution in [0.25, 0.3) is 11.3 Å². The molecule has 7 nitrogen and oxygen atoms in total. The minimum atomic E-state index is 0. The van der Waals surface area contributed by atoms with Gasteiger partial charge in [0, 0.05) is 36.8 Å². The van der Waals surface area contributed by atoms with Crippen LogP contribution in [0.2, 0.25) is 0 Å². The van der Waals surface area contributed by atoms with Gasteiger partial charge in [-0.25, -0.2) is 15.0 Å². The van der Waals surface area contributed by atoms with Crippen molar-refractivity contribution < 1.29 is 9.84 Å². The Balaban J connectivity index is 0.00000300. The van der Waals surface area contributed by atoms with Gasteiger partial charge in [-0.2, -0.15) is 13.5 Å². The van der Waals surface area contributed by atoms with Crippen molar-refractivity contribution in [1.29, 1.82) is 0 Å². The number of anilines is 2. The average molecular weight is 414 g/mol. The maximum atomic E-state index is 8.86. The number of pyridine rings is 1. The Labute approximate surface area is 178 Å². The first-order valence-corrected chi connectivity index (χ1v) is 9.21. The molecule has 29 heavy (non-hydrogen) atoms. The number of ether oxygens (including phenoxy) is 1. The molecule has 1 aromatic carbocycles. The first kappa shape index (κ1) is 22.4. The number of methoxy groups -OCH3 is 1. The van der Waals surface area contributed by atoms with E-state index in [0.717, 1.165) is 40.8 Å². The molecule has 0 aliphatic carbocycles. The average Bonchev–Trinajstić information content (AvgIpc) is 2.76. The maximum Gasteiger partial charge on any atom is 0.129 e. The first-order chi connectivity index (χ1) is 13.7. The standard InChI is InChI=1S/C21H25N5O2.H2S/c1-15(17-5-3-4-6-19(17)28-2)12-23-21-11-18(25-14-26-21)16-7-8-20(24-13-16)22-9-10-27;/h3-8,11,13-15,27H,9-10,12H2,1-2H3,(H,22,24)(H,23,25,26);1H2/t15-;/m1./s1. The van der Waals surface area contributed by atoms with Crippen molar-refractivity contribution in [3.05, 3.63) is 60.6 Å². The highest BCUT2D eigenvalue weighted by Crippen LogP contribution is 2.26. The number of rotatable bonds is 9. The van der Waals surface area contributed by atoms with E-state index in [1.165, 1.54) is 0 Å². The Bertz CT molecular complexity index is 892. The molecule has 3 aromatic rings.